The Morgan fingerprint density at radius 1 is 1.08 bits per heavy atom. The number of benzene rings is 1. The fourth-order valence-electron chi connectivity index (χ4n) is 4.05. The monoisotopic (exact) mass is 391 g/mol. The number of anilines is 1. The number of carbonyl (C=O) groups is 1. The number of ether oxygens (including phenoxy) is 1. The summed E-state index contributed by atoms with van der Waals surface area (Å²) >= 11 is 3.48. The first kappa shape index (κ1) is 19.7. The lowest BCUT2D eigenvalue weighted by Gasteiger charge is -2.47. The first-order chi connectivity index (χ1) is 12.6. The topological polar surface area (TPSA) is 29.5 Å². The second-order valence-corrected chi connectivity index (χ2v) is 10.1. The van der Waals surface area contributed by atoms with Gasteiger partial charge in [0.1, 0.15) is 5.76 Å². The van der Waals surface area contributed by atoms with Crippen LogP contribution < -0.4 is 4.90 Å². The quantitative estimate of drug-likeness (QED) is 0.474. The molecule has 0 radical (unpaired) electrons. The molecule has 5 heteroatoms. The van der Waals surface area contributed by atoms with Gasteiger partial charge in [-0.05, 0) is 48.5 Å². The Hall–Kier alpha value is -1.07. The van der Waals surface area contributed by atoms with Gasteiger partial charge < -0.3 is 9.64 Å². The van der Waals surface area contributed by atoms with Crippen LogP contribution in [0.4, 0.5) is 5.69 Å². The van der Waals surface area contributed by atoms with Crippen LogP contribution in [0.25, 0.3) is 0 Å². The van der Waals surface area contributed by atoms with Gasteiger partial charge in [-0.15, -0.1) is 23.5 Å². The maximum Gasteiger partial charge on any atom is 0.340 e. The smallest absolute Gasteiger partial charge is 0.340 e. The minimum Gasteiger partial charge on any atom is -0.429 e. The van der Waals surface area contributed by atoms with Crippen LogP contribution in [-0.2, 0) is 9.53 Å². The summed E-state index contributed by atoms with van der Waals surface area (Å²) in [6, 6.07) is 10.5. The highest BCUT2D eigenvalue weighted by Crippen LogP contribution is 2.51. The van der Waals surface area contributed by atoms with Crippen molar-refractivity contribution in [1.82, 2.24) is 0 Å². The highest BCUT2D eigenvalue weighted by atomic mass is 32.2. The molecular weight excluding hydrogens is 362 g/mol. The Balaban J connectivity index is 2.12. The Kier molecular flexibility index (Phi) is 6.62. The van der Waals surface area contributed by atoms with Crippen LogP contribution in [0.15, 0.2) is 41.7 Å². The average molecular weight is 392 g/mol. The fourth-order valence-corrected chi connectivity index (χ4v) is 7.19. The molecule has 0 spiro atoms. The molecule has 1 heterocycles. The van der Waals surface area contributed by atoms with E-state index in [0.29, 0.717) is 0 Å². The van der Waals surface area contributed by atoms with E-state index in [1.807, 2.05) is 6.07 Å². The number of hydrogen-bond acceptors (Lipinski definition) is 5. The van der Waals surface area contributed by atoms with Gasteiger partial charge in [0.2, 0.25) is 0 Å². The van der Waals surface area contributed by atoms with Gasteiger partial charge >= 0.3 is 5.97 Å². The second-order valence-electron chi connectivity index (χ2n) is 6.78. The number of nitrogens with zero attached hydrogens (tertiary/aromatic N) is 1. The third-order valence-corrected chi connectivity index (χ3v) is 8.09. The van der Waals surface area contributed by atoms with Crippen LogP contribution in [0.1, 0.15) is 46.0 Å². The number of esters is 1. The third-order valence-electron chi connectivity index (χ3n) is 5.17. The van der Waals surface area contributed by atoms with E-state index in [1.54, 1.807) is 23.5 Å². The molecule has 3 rings (SSSR count). The van der Waals surface area contributed by atoms with Crippen molar-refractivity contribution in [3.8, 4) is 0 Å². The highest BCUT2D eigenvalue weighted by Gasteiger charge is 2.55. The minimum atomic E-state index is -0.600. The minimum absolute atomic E-state index is 0.0362. The SMILES string of the molecule is CCSC1(SCC)C(=O)OC2=C(CCCCC2)[C@@H]1N(C)c1ccccc1. The molecule has 0 N–H and O–H groups in total. The van der Waals surface area contributed by atoms with Crippen molar-refractivity contribution in [2.45, 2.75) is 56.1 Å². The molecule has 26 heavy (non-hydrogen) atoms. The molecule has 1 aliphatic carbocycles. The van der Waals surface area contributed by atoms with Gasteiger partial charge in [0.25, 0.3) is 0 Å². The van der Waals surface area contributed by atoms with Crippen molar-refractivity contribution in [1.29, 1.82) is 0 Å². The summed E-state index contributed by atoms with van der Waals surface area (Å²) in [5, 5.41) is 0. The van der Waals surface area contributed by atoms with Crippen LogP contribution >= 0.6 is 23.5 Å². The van der Waals surface area contributed by atoms with Crippen LogP contribution in [-0.4, -0.2) is 34.6 Å². The summed E-state index contributed by atoms with van der Waals surface area (Å²) in [7, 11) is 2.13. The normalized spacial score (nSPS) is 22.4. The summed E-state index contributed by atoms with van der Waals surface area (Å²) in [6.45, 7) is 4.26. The molecule has 1 aliphatic heterocycles. The third kappa shape index (κ3) is 3.65. The van der Waals surface area contributed by atoms with Crippen LogP contribution in [0.5, 0.6) is 0 Å². The molecule has 0 bridgehead atoms. The molecule has 0 fully saturated rings. The highest BCUT2D eigenvalue weighted by molar-refractivity contribution is 8.19. The molecule has 1 aromatic carbocycles. The Morgan fingerprint density at radius 3 is 2.38 bits per heavy atom. The molecule has 1 aromatic rings. The number of rotatable bonds is 6. The number of allylic oxidation sites excluding steroid dienone is 1. The Labute approximate surface area is 165 Å². The predicted octanol–water partition coefficient (Wildman–Crippen LogP) is 5.47. The first-order valence-corrected chi connectivity index (χ1v) is 11.6. The molecule has 0 aromatic heterocycles. The molecule has 2 aliphatic rings. The average Bonchev–Trinajstić information content (AvgIpc) is 2.88. The fraction of sp³-hybridized carbons (Fsp3) is 0.571. The predicted molar refractivity (Wildman–Crippen MR) is 114 cm³/mol. The maximum absolute atomic E-state index is 13.3. The molecule has 1 atom stereocenters. The van der Waals surface area contributed by atoms with Crippen LogP contribution in [0.2, 0.25) is 0 Å². The van der Waals surface area contributed by atoms with E-state index in [0.717, 1.165) is 42.2 Å². The van der Waals surface area contributed by atoms with E-state index in [9.17, 15) is 4.79 Å². The van der Waals surface area contributed by atoms with Gasteiger partial charge in [0.05, 0.1) is 6.04 Å². The van der Waals surface area contributed by atoms with Gasteiger partial charge in [0.15, 0.2) is 4.08 Å². The van der Waals surface area contributed by atoms with Gasteiger partial charge in [-0.1, -0.05) is 38.5 Å². The lowest BCUT2D eigenvalue weighted by molar-refractivity contribution is -0.141. The summed E-state index contributed by atoms with van der Waals surface area (Å²) in [6.07, 6.45) is 5.42. The number of carbonyl (C=O) groups excluding carboxylic acids is 1. The Morgan fingerprint density at radius 2 is 1.73 bits per heavy atom. The van der Waals surface area contributed by atoms with Crippen LogP contribution in [0.3, 0.4) is 0 Å². The molecule has 0 amide bonds. The molecule has 0 saturated carbocycles. The first-order valence-electron chi connectivity index (χ1n) is 9.64. The van der Waals surface area contributed by atoms with Gasteiger partial charge in [-0.2, -0.15) is 0 Å². The van der Waals surface area contributed by atoms with Crippen LogP contribution in [0, 0.1) is 0 Å². The van der Waals surface area contributed by atoms with Crippen molar-refractivity contribution in [3.63, 3.8) is 0 Å². The van der Waals surface area contributed by atoms with Crippen molar-refractivity contribution in [2.75, 3.05) is 23.5 Å². The zero-order valence-corrected chi connectivity index (χ0v) is 17.6. The van der Waals surface area contributed by atoms with E-state index in [2.05, 4.69) is 50.1 Å². The molecular formula is C21H29NO2S2. The summed E-state index contributed by atoms with van der Waals surface area (Å²) in [5.74, 6) is 2.67. The summed E-state index contributed by atoms with van der Waals surface area (Å²) in [4.78, 5) is 15.6. The van der Waals surface area contributed by atoms with E-state index >= 15 is 0 Å². The molecule has 3 nitrogen and oxygen atoms in total. The van der Waals surface area contributed by atoms with Crippen molar-refractivity contribution in [3.05, 3.63) is 41.7 Å². The maximum atomic E-state index is 13.3. The zero-order chi connectivity index (χ0) is 18.6. The van der Waals surface area contributed by atoms with Crippen molar-refractivity contribution < 1.29 is 9.53 Å². The number of para-hydroxylation sites is 1. The number of likely N-dealkylation sites (N-methyl/N-ethyl adjacent to an activating group) is 1. The largest absolute Gasteiger partial charge is 0.429 e. The standard InChI is InChI=1S/C21H29NO2S2/c1-4-25-21(26-5-2)19(22(3)16-12-8-6-9-13-16)17-14-10-7-11-15-18(17)24-20(21)23/h6,8-9,12-13,19H,4-5,7,10-11,14-15H2,1-3H3/t19-/m0/s1. The van der Waals surface area contributed by atoms with E-state index in [1.165, 1.54) is 18.4 Å². The molecule has 142 valence electrons. The lowest BCUT2D eigenvalue weighted by Crippen LogP contribution is -2.57. The van der Waals surface area contributed by atoms with E-state index in [4.69, 9.17) is 4.74 Å². The van der Waals surface area contributed by atoms with Crippen molar-refractivity contribution >= 4 is 35.2 Å². The molecule has 0 saturated heterocycles. The van der Waals surface area contributed by atoms with Crippen molar-refractivity contribution in [2.24, 2.45) is 0 Å². The summed E-state index contributed by atoms with van der Waals surface area (Å²) in [5.41, 5.74) is 2.50. The Bertz CT molecular complexity index is 653. The van der Waals surface area contributed by atoms with E-state index < -0.39 is 4.08 Å². The van der Waals surface area contributed by atoms with Gasteiger partial charge in [0, 0.05) is 19.2 Å². The van der Waals surface area contributed by atoms with Gasteiger partial charge in [-0.3, -0.25) is 0 Å². The number of hydrogen-bond donors (Lipinski definition) is 0. The molecule has 0 unspecified atom stereocenters. The van der Waals surface area contributed by atoms with E-state index in [-0.39, 0.29) is 12.0 Å². The zero-order valence-electron chi connectivity index (χ0n) is 16.0. The summed E-state index contributed by atoms with van der Waals surface area (Å²) < 4.78 is 5.38. The second kappa shape index (κ2) is 8.75. The lowest BCUT2D eigenvalue weighted by atomic mass is 9.93. The van der Waals surface area contributed by atoms with Gasteiger partial charge in [-0.25, -0.2) is 4.79 Å². The number of thioether (sulfide) groups is 2.